The zero-order valence-electron chi connectivity index (χ0n) is 51.2. The number of fused-ring (bicyclic) bond motifs is 7. The van der Waals surface area contributed by atoms with E-state index in [0.29, 0.717) is 38.5 Å². The number of allylic oxidation sites excluding steroid dienone is 2. The Bertz CT molecular complexity index is 2480. The quantitative estimate of drug-likeness (QED) is 0.0463. The van der Waals surface area contributed by atoms with Crippen molar-refractivity contribution in [2.24, 2.45) is 56.2 Å². The summed E-state index contributed by atoms with van der Waals surface area (Å²) in [7, 11) is 0. The van der Waals surface area contributed by atoms with E-state index in [1.54, 1.807) is 0 Å². The van der Waals surface area contributed by atoms with Crippen LogP contribution in [-0.4, -0.2) is 257 Å². The van der Waals surface area contributed by atoms with Crippen molar-refractivity contribution in [3.05, 3.63) is 11.6 Å². The van der Waals surface area contributed by atoms with Crippen LogP contribution in [0.25, 0.3) is 0 Å². The smallest absolute Gasteiger partial charge is 0.335 e. The second-order valence-electron chi connectivity index (χ2n) is 28.8. The topological polar surface area (TPSA) is 427 Å². The van der Waals surface area contributed by atoms with Gasteiger partial charge in [0.25, 0.3) is 0 Å². The summed E-state index contributed by atoms with van der Waals surface area (Å²) in [5.74, 6) is -3.42. The van der Waals surface area contributed by atoms with Crippen LogP contribution in [0.15, 0.2) is 11.6 Å². The van der Waals surface area contributed by atoms with E-state index in [2.05, 4.69) is 26.8 Å². The summed E-state index contributed by atoms with van der Waals surface area (Å²) in [6.45, 7) is 17.0. The van der Waals surface area contributed by atoms with E-state index in [0.717, 1.165) is 5.57 Å². The minimum Gasteiger partial charge on any atom is -0.479 e. The van der Waals surface area contributed by atoms with Crippen LogP contribution in [0.1, 0.15) is 121 Å². The third kappa shape index (κ3) is 11.8. The molecule has 4 heterocycles. The highest BCUT2D eigenvalue weighted by molar-refractivity contribution is 5.73. The van der Waals surface area contributed by atoms with Crippen LogP contribution < -0.4 is 0 Å². The number of carbonyl (C=O) groups excluding carboxylic acids is 2. The first-order valence-corrected chi connectivity index (χ1v) is 30.7. The van der Waals surface area contributed by atoms with Crippen molar-refractivity contribution < 1.29 is 133 Å². The summed E-state index contributed by atoms with van der Waals surface area (Å²) < 4.78 is 60.2. The Kier molecular flexibility index (Phi) is 20.0. The largest absolute Gasteiger partial charge is 0.479 e. The number of esters is 2. The first kappa shape index (κ1) is 68.7. The van der Waals surface area contributed by atoms with Crippen molar-refractivity contribution >= 4 is 17.9 Å². The molecule has 8 fully saturated rings. The molecule has 0 amide bonds. The van der Waals surface area contributed by atoms with E-state index in [4.69, 9.17) is 47.4 Å². The maximum Gasteiger partial charge on any atom is 0.335 e. The van der Waals surface area contributed by atoms with Crippen LogP contribution in [-0.2, 0) is 61.8 Å². The molecule has 0 bridgehead atoms. The normalized spacial score (nSPS) is 50.3. The summed E-state index contributed by atoms with van der Waals surface area (Å²) in [4.78, 5) is 39.1. The molecule has 27 nitrogen and oxygen atoms in total. The highest BCUT2D eigenvalue weighted by Crippen LogP contribution is 2.76. The molecule has 30 atom stereocenters. The van der Waals surface area contributed by atoms with Gasteiger partial charge in [0.2, 0.25) is 0 Å². The van der Waals surface area contributed by atoms with E-state index >= 15 is 0 Å². The Balaban J connectivity index is 1.03. The lowest BCUT2D eigenvalue weighted by Crippen LogP contribution is -2.72. The Morgan fingerprint density at radius 1 is 0.655 bits per heavy atom. The number of ether oxygens (including phenoxy) is 10. The maximum atomic E-state index is 13.3. The van der Waals surface area contributed by atoms with Gasteiger partial charge in [-0.1, -0.05) is 74.0 Å². The number of carboxylic acid groups (broad SMARTS) is 1. The number of rotatable bonds is 16. The van der Waals surface area contributed by atoms with E-state index in [-0.39, 0.29) is 37.2 Å². The monoisotopic (exact) mass is 1250 g/mol. The molecule has 4 aliphatic heterocycles. The third-order valence-corrected chi connectivity index (χ3v) is 22.5. The van der Waals surface area contributed by atoms with Gasteiger partial charge in [0.1, 0.15) is 104 Å². The second-order valence-corrected chi connectivity index (χ2v) is 28.8. The zero-order valence-corrected chi connectivity index (χ0v) is 51.2. The molecule has 27 heteroatoms. The Labute approximate surface area is 505 Å². The van der Waals surface area contributed by atoms with E-state index in [1.165, 1.54) is 6.92 Å². The van der Waals surface area contributed by atoms with Gasteiger partial charge >= 0.3 is 17.9 Å². The Morgan fingerprint density at radius 3 is 1.89 bits per heavy atom. The fraction of sp³-hybridized carbons (Fsp3) is 0.917. The molecule has 3 unspecified atom stereocenters. The second kappa shape index (κ2) is 25.3. The Hall–Kier alpha value is -2.69. The molecule has 87 heavy (non-hydrogen) atoms. The van der Waals surface area contributed by atoms with Gasteiger partial charge < -0.3 is 119 Å². The van der Waals surface area contributed by atoms with Crippen LogP contribution in [0.2, 0.25) is 0 Å². The zero-order chi connectivity index (χ0) is 64.2. The molecule has 0 radical (unpaired) electrons. The first-order valence-electron chi connectivity index (χ1n) is 30.7. The molecule has 0 aromatic rings. The third-order valence-electron chi connectivity index (χ3n) is 22.5. The minimum absolute atomic E-state index is 0.00889. The molecule has 0 spiro atoms. The number of carboxylic acids is 1. The van der Waals surface area contributed by atoms with Gasteiger partial charge in [-0.2, -0.15) is 0 Å². The van der Waals surface area contributed by atoms with Gasteiger partial charge in [0, 0.05) is 18.8 Å². The number of aliphatic carboxylic acids is 1. The molecule has 4 saturated carbocycles. The highest BCUT2D eigenvalue weighted by atomic mass is 16.8. The number of aliphatic hydroxyl groups excluding tert-OH is 13. The van der Waals surface area contributed by atoms with Gasteiger partial charge in [-0.15, -0.1) is 0 Å². The van der Waals surface area contributed by atoms with Crippen LogP contribution in [0.5, 0.6) is 0 Å². The van der Waals surface area contributed by atoms with Gasteiger partial charge in [0.15, 0.2) is 31.3 Å². The highest BCUT2D eigenvalue weighted by Gasteiger charge is 2.74. The van der Waals surface area contributed by atoms with Gasteiger partial charge in [-0.25, -0.2) is 4.79 Å². The van der Waals surface area contributed by atoms with Gasteiger partial charge in [0.05, 0.1) is 37.4 Å². The number of aliphatic hydroxyl groups is 13. The SMILES string of the molecule is CC(=O)OC[C@@]12C(CC(C)(C)[C@@H](OC(=O)CC(C)C)[C@@H]1O)C1=CCC3[C@@]4(C)CC[C@H](O[C@@H]5O[C@H](C(=O)O)[C@@H](O)[C@H](O[C@@H]6O[C@H](CO)[C@H](O)[C@H](O[C@@H]7OC[C@H](O)[C@H](O)[C@H]7O)[C@H]6O)[C@H]5O[C@@H]5O[C@H](CO)[C@H](O)[C@H](O)[C@H]5O)C(C)(C)C4CC[C@@]3(C)[C@]1(C)C[C@H]2O. The van der Waals surface area contributed by atoms with Crippen LogP contribution in [0, 0.1) is 56.2 Å². The summed E-state index contributed by atoms with van der Waals surface area (Å²) in [6, 6.07) is 0. The number of hydrogen-bond donors (Lipinski definition) is 14. The summed E-state index contributed by atoms with van der Waals surface area (Å²) in [6.07, 6.45) is -35.2. The number of carbonyl (C=O) groups is 3. The van der Waals surface area contributed by atoms with Crippen molar-refractivity contribution in [3.63, 3.8) is 0 Å². The van der Waals surface area contributed by atoms with Gasteiger partial charge in [-0.05, 0) is 90.3 Å². The fourth-order valence-corrected chi connectivity index (χ4v) is 17.5. The molecule has 9 aliphatic rings. The standard InChI is InChI=1S/C60H96O27/c1-24(2)17-35(66)83-49-48(75)60(23-79-25(3)63)27(18-55(49,4)5)26-11-12-32-57(8)15-14-34(56(6,7)31(57)13-16-58(32,9)59(26,10)19-33(60)65)82-54-47(87-52-41(72)39(70)37(68)29(20-61)80-52)45(42(73)46(86-54)50(76)77)85-53-43(74)44(38(69)30(21-62)81-53)84-51-40(71)36(67)28(64)22-78-51/h11,24,27-34,36-49,51-54,61-62,64-65,67-75H,12-23H2,1-10H3,(H,76,77)/t27?,28-,29+,30+,31?,32?,33+,34-,36-,37-,38-,39-,40+,41+,42-,43+,44-,45-,46-,47+,48-,49-,51-,52-,53-,54+,57-,58+,59+,60-/m0/s1. The summed E-state index contributed by atoms with van der Waals surface area (Å²) in [5.41, 5.74) is -3.53. The molecule has 9 rings (SSSR count). The Morgan fingerprint density at radius 2 is 1.26 bits per heavy atom. The van der Waals surface area contributed by atoms with Crippen molar-refractivity contribution in [2.45, 2.75) is 262 Å². The first-order chi connectivity index (χ1) is 40.6. The van der Waals surface area contributed by atoms with Crippen molar-refractivity contribution in [1.29, 1.82) is 0 Å². The van der Waals surface area contributed by atoms with E-state index < -0.39 is 217 Å². The molecule has 14 N–H and O–H groups in total. The molecule has 498 valence electrons. The predicted molar refractivity (Wildman–Crippen MR) is 294 cm³/mol. The molecule has 4 saturated heterocycles. The summed E-state index contributed by atoms with van der Waals surface area (Å²) in [5, 5.41) is 156. The number of hydrogen-bond acceptors (Lipinski definition) is 26. The molecular formula is C60H96O27. The lowest BCUT2D eigenvalue weighted by Gasteiger charge is -2.72. The van der Waals surface area contributed by atoms with E-state index in [1.807, 2.05) is 41.5 Å². The maximum absolute atomic E-state index is 13.3. The van der Waals surface area contributed by atoms with Crippen LogP contribution in [0.4, 0.5) is 0 Å². The lowest BCUT2D eigenvalue weighted by atomic mass is 9.33. The van der Waals surface area contributed by atoms with Crippen molar-refractivity contribution in [2.75, 3.05) is 26.4 Å². The molecule has 0 aromatic heterocycles. The molecule has 0 aromatic carbocycles. The fourth-order valence-electron chi connectivity index (χ4n) is 17.5. The van der Waals surface area contributed by atoms with Crippen LogP contribution >= 0.6 is 0 Å². The van der Waals surface area contributed by atoms with E-state index in [9.17, 15) is 85.9 Å². The van der Waals surface area contributed by atoms with Gasteiger partial charge in [-0.3, -0.25) is 9.59 Å². The van der Waals surface area contributed by atoms with Crippen LogP contribution in [0.3, 0.4) is 0 Å². The average Bonchev–Trinajstić information content (AvgIpc) is 0.675. The van der Waals surface area contributed by atoms with Crippen molar-refractivity contribution in [1.82, 2.24) is 0 Å². The van der Waals surface area contributed by atoms with Crippen molar-refractivity contribution in [3.8, 4) is 0 Å². The predicted octanol–water partition coefficient (Wildman–Crippen LogP) is -1.75. The molecule has 5 aliphatic carbocycles. The lowest BCUT2D eigenvalue weighted by molar-refractivity contribution is -0.401. The minimum atomic E-state index is -2.27. The average molecular weight is 1250 g/mol. The molecular weight excluding hydrogens is 1150 g/mol. The summed E-state index contributed by atoms with van der Waals surface area (Å²) >= 11 is 0.